The van der Waals surface area contributed by atoms with Crippen molar-refractivity contribution in [1.29, 1.82) is 0 Å². The normalized spacial score (nSPS) is 31.2. The lowest BCUT2D eigenvalue weighted by molar-refractivity contribution is -0.161. The van der Waals surface area contributed by atoms with Gasteiger partial charge in [0.05, 0.1) is 19.1 Å². The van der Waals surface area contributed by atoms with Crippen molar-refractivity contribution in [2.24, 2.45) is 22.7 Å². The first-order valence-corrected chi connectivity index (χ1v) is 20.1. The Morgan fingerprint density at radius 3 is 1.59 bits per heavy atom. The number of carbonyl (C=O) groups excluding carboxylic acids is 1. The molecule has 49 heavy (non-hydrogen) atoms. The highest BCUT2D eigenvalue weighted by molar-refractivity contribution is 5.77. The van der Waals surface area contributed by atoms with Gasteiger partial charge in [-0.3, -0.25) is 4.79 Å². The third kappa shape index (κ3) is 7.88. The van der Waals surface area contributed by atoms with Crippen LogP contribution in [0.15, 0.2) is 36.4 Å². The van der Waals surface area contributed by atoms with Crippen molar-refractivity contribution in [2.75, 3.05) is 20.8 Å². The van der Waals surface area contributed by atoms with Gasteiger partial charge in [-0.2, -0.15) is 0 Å². The molecular formula is C46H74O3. The first-order valence-electron chi connectivity index (χ1n) is 20.1. The van der Waals surface area contributed by atoms with E-state index < -0.39 is 0 Å². The predicted molar refractivity (Wildman–Crippen MR) is 210 cm³/mol. The fraction of sp³-hybridized carbons (Fsp3) is 0.717. The van der Waals surface area contributed by atoms with E-state index in [9.17, 15) is 4.79 Å². The Labute approximate surface area is 302 Å². The number of hydrogen-bond acceptors (Lipinski definition) is 3. The minimum absolute atomic E-state index is 0.0179. The van der Waals surface area contributed by atoms with E-state index >= 15 is 0 Å². The van der Waals surface area contributed by atoms with Gasteiger partial charge in [0.25, 0.3) is 0 Å². The molecule has 2 fully saturated rings. The number of esters is 1. The monoisotopic (exact) mass is 675 g/mol. The highest BCUT2D eigenvalue weighted by Crippen LogP contribution is 2.59. The van der Waals surface area contributed by atoms with E-state index in [-0.39, 0.29) is 16.8 Å². The Balaban J connectivity index is 0.000000241. The van der Waals surface area contributed by atoms with Crippen LogP contribution in [0.5, 0.6) is 0 Å². The Morgan fingerprint density at radius 2 is 1.14 bits per heavy atom. The molecule has 0 N–H and O–H groups in total. The molecule has 4 aliphatic rings. The van der Waals surface area contributed by atoms with Crippen molar-refractivity contribution in [3.63, 3.8) is 0 Å². The number of ether oxygens (including phenoxy) is 2. The largest absolute Gasteiger partial charge is 0.469 e. The fourth-order valence-corrected chi connectivity index (χ4v) is 10.9. The second kappa shape index (κ2) is 16.9. The summed E-state index contributed by atoms with van der Waals surface area (Å²) in [4.78, 5) is 12.5. The highest BCUT2D eigenvalue weighted by atomic mass is 16.5. The number of rotatable bonds is 5. The topological polar surface area (TPSA) is 35.5 Å². The summed E-state index contributed by atoms with van der Waals surface area (Å²) in [5, 5.41) is 0. The van der Waals surface area contributed by atoms with Crippen molar-refractivity contribution in [1.82, 2.24) is 0 Å². The van der Waals surface area contributed by atoms with Crippen LogP contribution in [-0.4, -0.2) is 26.8 Å². The van der Waals surface area contributed by atoms with Crippen molar-refractivity contribution >= 4 is 5.97 Å². The van der Waals surface area contributed by atoms with Crippen LogP contribution in [-0.2, 0) is 37.9 Å². The number of carbonyl (C=O) groups is 1. The highest BCUT2D eigenvalue weighted by Gasteiger charge is 2.56. The van der Waals surface area contributed by atoms with Gasteiger partial charge in [-0.05, 0) is 132 Å². The number of methoxy groups -OCH3 is 2. The molecule has 0 aromatic heterocycles. The summed E-state index contributed by atoms with van der Waals surface area (Å²) in [5.41, 5.74) is 9.61. The number of hydrogen-bond donors (Lipinski definition) is 0. The second-order valence-corrected chi connectivity index (χ2v) is 16.9. The summed E-state index contributed by atoms with van der Waals surface area (Å²) >= 11 is 0. The summed E-state index contributed by atoms with van der Waals surface area (Å²) < 4.78 is 10.8. The molecule has 2 saturated carbocycles. The lowest BCUT2D eigenvalue weighted by Gasteiger charge is -2.55. The maximum absolute atomic E-state index is 12.5. The van der Waals surface area contributed by atoms with Crippen molar-refractivity contribution < 1.29 is 14.3 Å². The zero-order valence-electron chi connectivity index (χ0n) is 34.3. The van der Waals surface area contributed by atoms with Gasteiger partial charge in [-0.1, -0.05) is 125 Å². The van der Waals surface area contributed by atoms with Crippen LogP contribution in [0.2, 0.25) is 0 Å². The molecule has 2 aromatic rings. The van der Waals surface area contributed by atoms with Gasteiger partial charge in [-0.15, -0.1) is 0 Å². The van der Waals surface area contributed by atoms with Crippen LogP contribution in [0.1, 0.15) is 180 Å². The molecule has 6 unspecified atom stereocenters. The van der Waals surface area contributed by atoms with Crippen LogP contribution >= 0.6 is 0 Å². The third-order valence-corrected chi connectivity index (χ3v) is 13.3. The summed E-state index contributed by atoms with van der Waals surface area (Å²) in [6.07, 6.45) is 12.0. The molecule has 0 saturated heterocycles. The first kappa shape index (κ1) is 41.3. The zero-order valence-corrected chi connectivity index (χ0v) is 34.3. The molecule has 276 valence electrons. The van der Waals surface area contributed by atoms with Crippen molar-refractivity contribution in [3.05, 3.63) is 69.8 Å². The minimum atomic E-state index is -0.337. The maximum Gasteiger partial charge on any atom is 0.311 e. The molecule has 4 aliphatic carbocycles. The van der Waals surface area contributed by atoms with Gasteiger partial charge in [-0.25, -0.2) is 0 Å². The average Bonchev–Trinajstić information content (AvgIpc) is 3.09. The summed E-state index contributed by atoms with van der Waals surface area (Å²) in [6, 6.07) is 14.4. The smallest absolute Gasteiger partial charge is 0.311 e. The van der Waals surface area contributed by atoms with Gasteiger partial charge in [0.1, 0.15) is 0 Å². The summed E-state index contributed by atoms with van der Waals surface area (Å²) in [5.74, 6) is 2.31. The van der Waals surface area contributed by atoms with Crippen LogP contribution in [0.3, 0.4) is 0 Å². The van der Waals surface area contributed by atoms with Gasteiger partial charge in [0.15, 0.2) is 0 Å². The molecule has 3 nitrogen and oxygen atoms in total. The lowest BCUT2D eigenvalue weighted by Crippen LogP contribution is -2.52. The molecule has 2 aromatic carbocycles. The number of aryl methyl sites for hydroxylation is 2. The van der Waals surface area contributed by atoms with Crippen LogP contribution in [0.25, 0.3) is 0 Å². The quantitative estimate of drug-likeness (QED) is 0.296. The maximum atomic E-state index is 12.5. The van der Waals surface area contributed by atoms with Crippen LogP contribution in [0.4, 0.5) is 0 Å². The van der Waals surface area contributed by atoms with Gasteiger partial charge >= 0.3 is 5.97 Å². The van der Waals surface area contributed by atoms with Crippen LogP contribution < -0.4 is 0 Å². The van der Waals surface area contributed by atoms with Crippen molar-refractivity contribution in [3.8, 4) is 0 Å². The van der Waals surface area contributed by atoms with Gasteiger partial charge in [0, 0.05) is 7.11 Å². The van der Waals surface area contributed by atoms with E-state index in [2.05, 4.69) is 91.8 Å². The van der Waals surface area contributed by atoms with E-state index in [1.54, 1.807) is 11.1 Å². The SMILES string of the molecule is CC.CC.COC(=O)C1(C)CCCC2(C)c3ccc(C(C)C)cc3CCC12.COCC1(C)CCCC2(C)c3ccc(C(C)C)cc3CCC12. The van der Waals surface area contributed by atoms with E-state index in [0.29, 0.717) is 28.6 Å². The number of fused-ring (bicyclic) bond motifs is 6. The molecule has 0 aliphatic heterocycles. The summed E-state index contributed by atoms with van der Waals surface area (Å²) in [6.45, 7) is 27.5. The molecule has 0 bridgehead atoms. The Bertz CT molecular complexity index is 1370. The van der Waals surface area contributed by atoms with Crippen LogP contribution in [0, 0.1) is 22.7 Å². The van der Waals surface area contributed by atoms with E-state index in [1.165, 1.54) is 67.9 Å². The van der Waals surface area contributed by atoms with E-state index in [0.717, 1.165) is 38.2 Å². The van der Waals surface area contributed by atoms with E-state index in [4.69, 9.17) is 9.47 Å². The second-order valence-electron chi connectivity index (χ2n) is 16.9. The van der Waals surface area contributed by atoms with E-state index in [1.807, 2.05) is 34.8 Å². The minimum Gasteiger partial charge on any atom is -0.469 e. The summed E-state index contributed by atoms with van der Waals surface area (Å²) in [7, 11) is 3.40. The molecule has 0 spiro atoms. The fourth-order valence-electron chi connectivity index (χ4n) is 10.9. The molecule has 3 heteroatoms. The third-order valence-electron chi connectivity index (χ3n) is 13.3. The molecular weight excluding hydrogens is 601 g/mol. The Hall–Kier alpha value is -2.13. The average molecular weight is 675 g/mol. The predicted octanol–water partition coefficient (Wildman–Crippen LogP) is 12.5. The lowest BCUT2D eigenvalue weighted by atomic mass is 9.49. The van der Waals surface area contributed by atoms with Gasteiger partial charge in [0.2, 0.25) is 0 Å². The first-order chi connectivity index (χ1) is 23.2. The molecule has 6 rings (SSSR count). The molecule has 0 radical (unpaired) electrons. The van der Waals surface area contributed by atoms with Crippen molar-refractivity contribution in [2.45, 2.75) is 170 Å². The standard InChI is InChI=1S/C21H30O2.C21H32O.2C2H6/c1-14(2)15-7-9-17-16(13-15)8-10-18-20(17,3)11-6-12-21(18,4)19(22)23-5;1-15(2)16-7-9-18-17(13-16)8-10-19-20(3,14-22-5)11-6-12-21(18,19)4;2*1-2/h7,9,13-14,18H,6,8,10-12H2,1-5H3;7,9,13,15,19H,6,8,10-12,14H2,1-5H3;2*1-2H3. The molecule has 0 heterocycles. The Morgan fingerprint density at radius 1 is 0.694 bits per heavy atom. The zero-order chi connectivity index (χ0) is 36.8. The van der Waals surface area contributed by atoms with Gasteiger partial charge < -0.3 is 9.47 Å². The Kier molecular flexibility index (Phi) is 14.3. The molecule has 0 amide bonds. The number of benzene rings is 2. The molecule has 6 atom stereocenters.